The van der Waals surface area contributed by atoms with Crippen molar-refractivity contribution in [3.05, 3.63) is 34.0 Å². The van der Waals surface area contributed by atoms with Gasteiger partial charge in [-0.25, -0.2) is 0 Å². The molecular weight excluding hydrogens is 304 g/mol. The van der Waals surface area contributed by atoms with E-state index < -0.39 is 0 Å². The highest BCUT2D eigenvalue weighted by molar-refractivity contribution is 7.12. The molecule has 1 aromatic heterocycles. The average Bonchev–Trinajstić information content (AvgIpc) is 2.99. The molecule has 1 aliphatic heterocycles. The summed E-state index contributed by atoms with van der Waals surface area (Å²) in [5.74, 6) is 0.187. The summed E-state index contributed by atoms with van der Waals surface area (Å²) < 4.78 is 0. The smallest absolute Gasteiger partial charge is 0.264 e. The van der Waals surface area contributed by atoms with Gasteiger partial charge in [-0.15, -0.1) is 11.3 Å². The zero-order valence-corrected chi connectivity index (χ0v) is 14.1. The molecule has 116 valence electrons. The van der Waals surface area contributed by atoms with Crippen molar-refractivity contribution in [3.8, 4) is 0 Å². The standard InChI is InChI=1S/C16H23ClN2OS/c1-3-8-19(16(20)15-5-4-11-21-15)14-6-9-18(10-7-14)12-13(2)17/h4-5,11,14H,2-3,6-10,12H2,1H3. The molecule has 1 amide bonds. The highest BCUT2D eigenvalue weighted by atomic mass is 35.5. The van der Waals surface area contributed by atoms with Crippen LogP contribution < -0.4 is 0 Å². The van der Waals surface area contributed by atoms with Crippen molar-refractivity contribution in [3.63, 3.8) is 0 Å². The maximum absolute atomic E-state index is 12.6. The Balaban J connectivity index is 1.97. The fraction of sp³-hybridized carbons (Fsp3) is 0.562. The van der Waals surface area contributed by atoms with Crippen molar-refractivity contribution < 1.29 is 4.79 Å². The van der Waals surface area contributed by atoms with Gasteiger partial charge in [0.2, 0.25) is 0 Å². The number of rotatable bonds is 6. The van der Waals surface area contributed by atoms with Gasteiger partial charge >= 0.3 is 0 Å². The maximum atomic E-state index is 12.6. The molecule has 0 bridgehead atoms. The van der Waals surface area contributed by atoms with Crippen LogP contribution in [0.4, 0.5) is 0 Å². The first kappa shape index (κ1) is 16.5. The van der Waals surface area contributed by atoms with Crippen molar-refractivity contribution in [2.75, 3.05) is 26.2 Å². The lowest BCUT2D eigenvalue weighted by Gasteiger charge is -2.38. The lowest BCUT2D eigenvalue weighted by atomic mass is 10.0. The van der Waals surface area contributed by atoms with Crippen molar-refractivity contribution >= 4 is 28.8 Å². The van der Waals surface area contributed by atoms with E-state index in [9.17, 15) is 4.79 Å². The molecule has 1 aromatic rings. The number of halogens is 1. The quantitative estimate of drug-likeness (QED) is 0.793. The third kappa shape index (κ3) is 4.56. The molecule has 2 rings (SSSR count). The van der Waals surface area contributed by atoms with Crippen LogP contribution in [0.15, 0.2) is 29.1 Å². The molecular formula is C16H23ClN2OS. The summed E-state index contributed by atoms with van der Waals surface area (Å²) in [7, 11) is 0. The van der Waals surface area contributed by atoms with E-state index in [1.54, 1.807) is 0 Å². The predicted molar refractivity (Wildman–Crippen MR) is 90.1 cm³/mol. The van der Waals surface area contributed by atoms with E-state index in [1.165, 1.54) is 11.3 Å². The van der Waals surface area contributed by atoms with Gasteiger partial charge < -0.3 is 4.90 Å². The molecule has 0 aromatic carbocycles. The highest BCUT2D eigenvalue weighted by Gasteiger charge is 2.28. The number of hydrogen-bond acceptors (Lipinski definition) is 3. The second-order valence-corrected chi connectivity index (χ2v) is 6.98. The Morgan fingerprint density at radius 2 is 2.24 bits per heavy atom. The Morgan fingerprint density at radius 3 is 2.76 bits per heavy atom. The molecule has 1 aliphatic rings. The number of amides is 1. The molecule has 0 aliphatic carbocycles. The fourth-order valence-corrected chi connectivity index (χ4v) is 3.71. The minimum atomic E-state index is 0.187. The van der Waals surface area contributed by atoms with Gasteiger partial charge in [-0.2, -0.15) is 0 Å². The van der Waals surface area contributed by atoms with Crippen LogP contribution >= 0.6 is 22.9 Å². The first-order chi connectivity index (χ1) is 10.1. The van der Waals surface area contributed by atoms with Gasteiger partial charge in [0.1, 0.15) is 0 Å². The number of carbonyl (C=O) groups is 1. The molecule has 0 atom stereocenters. The molecule has 5 heteroatoms. The van der Waals surface area contributed by atoms with Crippen LogP contribution in [0.25, 0.3) is 0 Å². The zero-order valence-electron chi connectivity index (χ0n) is 12.6. The highest BCUT2D eigenvalue weighted by Crippen LogP contribution is 2.22. The molecule has 0 radical (unpaired) electrons. The van der Waals surface area contributed by atoms with E-state index in [0.29, 0.717) is 11.1 Å². The average molecular weight is 327 g/mol. The maximum Gasteiger partial charge on any atom is 0.264 e. The largest absolute Gasteiger partial charge is 0.335 e. The first-order valence-corrected chi connectivity index (χ1v) is 8.77. The second-order valence-electron chi connectivity index (χ2n) is 5.50. The van der Waals surface area contributed by atoms with E-state index in [4.69, 9.17) is 11.6 Å². The topological polar surface area (TPSA) is 23.6 Å². The summed E-state index contributed by atoms with van der Waals surface area (Å²) in [4.78, 5) is 17.9. The third-order valence-electron chi connectivity index (χ3n) is 3.85. The van der Waals surface area contributed by atoms with Gasteiger partial charge in [0.05, 0.1) is 4.88 Å². The molecule has 1 saturated heterocycles. The van der Waals surface area contributed by atoms with E-state index in [2.05, 4.69) is 23.3 Å². The molecule has 0 unspecified atom stereocenters. The monoisotopic (exact) mass is 326 g/mol. The van der Waals surface area contributed by atoms with Crippen LogP contribution in [-0.2, 0) is 0 Å². The molecule has 21 heavy (non-hydrogen) atoms. The van der Waals surface area contributed by atoms with Crippen LogP contribution in [0.2, 0.25) is 0 Å². The van der Waals surface area contributed by atoms with Gasteiger partial charge in [0, 0.05) is 37.3 Å². The SMILES string of the molecule is C=C(Cl)CN1CCC(N(CCC)C(=O)c2cccs2)CC1. The van der Waals surface area contributed by atoms with Gasteiger partial charge in [-0.05, 0) is 30.7 Å². The van der Waals surface area contributed by atoms with Crippen LogP contribution in [0.3, 0.4) is 0 Å². The molecule has 0 spiro atoms. The molecule has 0 N–H and O–H groups in total. The summed E-state index contributed by atoms with van der Waals surface area (Å²) in [5.41, 5.74) is 0. The van der Waals surface area contributed by atoms with Crippen molar-refractivity contribution in [1.82, 2.24) is 9.80 Å². The van der Waals surface area contributed by atoms with Gasteiger partial charge in [0.15, 0.2) is 0 Å². The number of piperidine rings is 1. The second kappa shape index (κ2) is 7.97. The van der Waals surface area contributed by atoms with Crippen LogP contribution in [0.5, 0.6) is 0 Å². The number of likely N-dealkylation sites (tertiary alicyclic amines) is 1. The summed E-state index contributed by atoms with van der Waals surface area (Å²) >= 11 is 7.41. The normalized spacial score (nSPS) is 16.9. The van der Waals surface area contributed by atoms with Gasteiger partial charge in [-0.1, -0.05) is 31.2 Å². The Kier molecular flexibility index (Phi) is 6.27. The summed E-state index contributed by atoms with van der Waals surface area (Å²) in [6, 6.07) is 4.21. The fourth-order valence-electron chi connectivity index (χ4n) is 2.86. The molecule has 1 fully saturated rings. The molecule has 3 nitrogen and oxygen atoms in total. The predicted octanol–water partition coefficient (Wildman–Crippen LogP) is 3.82. The van der Waals surface area contributed by atoms with E-state index >= 15 is 0 Å². The van der Waals surface area contributed by atoms with Crippen LogP contribution in [-0.4, -0.2) is 47.9 Å². The minimum Gasteiger partial charge on any atom is -0.335 e. The minimum absolute atomic E-state index is 0.187. The first-order valence-electron chi connectivity index (χ1n) is 7.52. The lowest BCUT2D eigenvalue weighted by Crippen LogP contribution is -2.47. The summed E-state index contributed by atoms with van der Waals surface area (Å²) in [5, 5.41) is 2.65. The van der Waals surface area contributed by atoms with Gasteiger partial charge in [0.25, 0.3) is 5.91 Å². The van der Waals surface area contributed by atoms with Gasteiger partial charge in [-0.3, -0.25) is 9.69 Å². The lowest BCUT2D eigenvalue weighted by molar-refractivity contribution is 0.0586. The Hall–Kier alpha value is -0.840. The molecule has 2 heterocycles. The van der Waals surface area contributed by atoms with Crippen molar-refractivity contribution in [2.45, 2.75) is 32.2 Å². The number of nitrogens with zero attached hydrogens (tertiary/aromatic N) is 2. The number of carbonyl (C=O) groups excluding carboxylic acids is 1. The van der Waals surface area contributed by atoms with Crippen LogP contribution in [0.1, 0.15) is 35.9 Å². The van der Waals surface area contributed by atoms with Crippen molar-refractivity contribution in [1.29, 1.82) is 0 Å². The van der Waals surface area contributed by atoms with E-state index in [1.807, 2.05) is 17.5 Å². The zero-order chi connectivity index (χ0) is 15.2. The molecule has 0 saturated carbocycles. The van der Waals surface area contributed by atoms with Crippen LogP contribution in [0, 0.1) is 0 Å². The van der Waals surface area contributed by atoms with Crippen molar-refractivity contribution in [2.24, 2.45) is 0 Å². The van der Waals surface area contributed by atoms with E-state index in [-0.39, 0.29) is 5.91 Å². The Bertz CT molecular complexity index is 467. The summed E-state index contributed by atoms with van der Waals surface area (Å²) in [6.45, 7) is 9.43. The summed E-state index contributed by atoms with van der Waals surface area (Å²) in [6.07, 6.45) is 3.03. The van der Waals surface area contributed by atoms with E-state index in [0.717, 1.165) is 50.3 Å². The Labute approximate surface area is 136 Å². The number of hydrogen-bond donors (Lipinski definition) is 0. The third-order valence-corrected chi connectivity index (χ3v) is 4.83. The number of thiophene rings is 1. The Morgan fingerprint density at radius 1 is 1.52 bits per heavy atom.